The minimum atomic E-state index is -0.849. The number of hydrogen-bond acceptors (Lipinski definition) is 5. The van der Waals surface area contributed by atoms with Crippen LogP contribution in [0.3, 0.4) is 0 Å². The Hall–Kier alpha value is -3.09. The Balaban J connectivity index is 1.78. The highest BCUT2D eigenvalue weighted by Gasteiger charge is 2.11. The molecule has 2 aromatic rings. The molecule has 0 saturated carbocycles. The summed E-state index contributed by atoms with van der Waals surface area (Å²) in [5.41, 5.74) is 3.36. The van der Waals surface area contributed by atoms with Crippen molar-refractivity contribution in [3.05, 3.63) is 60.2 Å². The second-order valence-electron chi connectivity index (χ2n) is 3.96. The Morgan fingerprint density at radius 2 is 1.81 bits per heavy atom. The Morgan fingerprint density at radius 1 is 1.05 bits per heavy atom. The summed E-state index contributed by atoms with van der Waals surface area (Å²) in [5, 5.41) is 6.10. The van der Waals surface area contributed by atoms with E-state index in [-0.39, 0.29) is 6.54 Å². The van der Waals surface area contributed by atoms with Gasteiger partial charge in [-0.3, -0.25) is 19.6 Å². The Labute approximate surface area is 121 Å². The Kier molecular flexibility index (Phi) is 5.11. The molecule has 0 aliphatic carbocycles. The van der Waals surface area contributed by atoms with Crippen LogP contribution in [0.15, 0.2) is 53.9 Å². The number of hydrogen-bond donors (Lipinski definition) is 2. The molecule has 7 heteroatoms. The van der Waals surface area contributed by atoms with Crippen molar-refractivity contribution >= 4 is 18.0 Å². The van der Waals surface area contributed by atoms with Crippen molar-refractivity contribution in [3.8, 4) is 0 Å². The average Bonchev–Trinajstić information content (AvgIpc) is 2.54. The molecule has 2 aromatic heterocycles. The summed E-state index contributed by atoms with van der Waals surface area (Å²) in [4.78, 5) is 31.0. The van der Waals surface area contributed by atoms with E-state index in [1.165, 1.54) is 6.21 Å². The first-order valence-corrected chi connectivity index (χ1v) is 6.18. The highest BCUT2D eigenvalue weighted by atomic mass is 16.2. The number of rotatable bonds is 4. The zero-order valence-corrected chi connectivity index (χ0v) is 11.1. The van der Waals surface area contributed by atoms with Crippen molar-refractivity contribution < 1.29 is 9.59 Å². The standard InChI is InChI=1S/C14H13N5O2/c20-13(17-9-11-5-1-3-7-15-11)14(21)19-18-10-12-6-2-4-8-16-12/h1-8,10H,9H2,(H,17,20)(H,19,21)/b18-10-. The molecule has 2 N–H and O–H groups in total. The molecule has 2 rings (SSSR count). The number of nitrogens with zero attached hydrogens (tertiary/aromatic N) is 3. The first-order chi connectivity index (χ1) is 10.3. The molecule has 2 heterocycles. The van der Waals surface area contributed by atoms with E-state index in [0.29, 0.717) is 11.4 Å². The lowest BCUT2D eigenvalue weighted by atomic mass is 10.3. The zero-order valence-electron chi connectivity index (χ0n) is 11.1. The van der Waals surface area contributed by atoms with Crippen LogP contribution in [-0.2, 0) is 16.1 Å². The van der Waals surface area contributed by atoms with Crippen LogP contribution in [0.5, 0.6) is 0 Å². The molecule has 0 atom stereocenters. The van der Waals surface area contributed by atoms with Crippen LogP contribution in [-0.4, -0.2) is 28.0 Å². The third-order valence-corrected chi connectivity index (χ3v) is 2.41. The van der Waals surface area contributed by atoms with Crippen molar-refractivity contribution in [2.45, 2.75) is 6.54 Å². The molecular formula is C14H13N5O2. The summed E-state index contributed by atoms with van der Waals surface area (Å²) in [6.07, 6.45) is 4.56. The lowest BCUT2D eigenvalue weighted by molar-refractivity contribution is -0.139. The topological polar surface area (TPSA) is 96.3 Å². The van der Waals surface area contributed by atoms with Gasteiger partial charge < -0.3 is 5.32 Å². The molecule has 0 aromatic carbocycles. The molecule has 0 radical (unpaired) electrons. The number of carbonyl (C=O) groups excluding carboxylic acids is 2. The van der Waals surface area contributed by atoms with Gasteiger partial charge in [0, 0.05) is 12.4 Å². The summed E-state index contributed by atoms with van der Waals surface area (Å²) in [6, 6.07) is 10.6. The average molecular weight is 283 g/mol. The molecule has 21 heavy (non-hydrogen) atoms. The quantitative estimate of drug-likeness (QED) is 0.477. The molecule has 0 bridgehead atoms. The van der Waals surface area contributed by atoms with E-state index in [1.54, 1.807) is 48.8 Å². The molecule has 106 valence electrons. The largest absolute Gasteiger partial charge is 0.342 e. The van der Waals surface area contributed by atoms with E-state index in [2.05, 4.69) is 25.8 Å². The van der Waals surface area contributed by atoms with Crippen molar-refractivity contribution in [1.29, 1.82) is 0 Å². The SMILES string of the molecule is O=C(NCc1ccccn1)C(=O)N/N=C\c1ccccn1. The molecule has 0 aliphatic rings. The molecule has 7 nitrogen and oxygen atoms in total. The predicted molar refractivity (Wildman–Crippen MR) is 76.1 cm³/mol. The van der Waals surface area contributed by atoms with Gasteiger partial charge in [-0.25, -0.2) is 5.43 Å². The van der Waals surface area contributed by atoms with Crippen molar-refractivity contribution in [3.63, 3.8) is 0 Å². The number of hydrazone groups is 1. The fourth-order valence-electron chi connectivity index (χ4n) is 1.41. The normalized spacial score (nSPS) is 10.3. The maximum absolute atomic E-state index is 11.5. The number of carbonyl (C=O) groups is 2. The maximum Gasteiger partial charge on any atom is 0.329 e. The molecule has 2 amide bonds. The molecule has 0 aliphatic heterocycles. The summed E-state index contributed by atoms with van der Waals surface area (Å²) in [6.45, 7) is 0.178. The van der Waals surface area contributed by atoms with Gasteiger partial charge in [-0.2, -0.15) is 5.10 Å². The van der Waals surface area contributed by atoms with Gasteiger partial charge in [-0.05, 0) is 24.3 Å². The minimum Gasteiger partial charge on any atom is -0.342 e. The maximum atomic E-state index is 11.5. The van der Waals surface area contributed by atoms with E-state index in [9.17, 15) is 9.59 Å². The van der Waals surface area contributed by atoms with Crippen LogP contribution in [0.4, 0.5) is 0 Å². The summed E-state index contributed by atoms with van der Waals surface area (Å²) >= 11 is 0. The molecular weight excluding hydrogens is 270 g/mol. The van der Waals surface area contributed by atoms with Gasteiger partial charge in [0.1, 0.15) is 0 Å². The van der Waals surface area contributed by atoms with E-state index < -0.39 is 11.8 Å². The molecule has 0 fully saturated rings. The van der Waals surface area contributed by atoms with Crippen molar-refractivity contribution in [2.24, 2.45) is 5.10 Å². The van der Waals surface area contributed by atoms with Gasteiger partial charge in [0.2, 0.25) is 0 Å². The van der Waals surface area contributed by atoms with Gasteiger partial charge in [-0.1, -0.05) is 12.1 Å². The lowest BCUT2D eigenvalue weighted by Crippen LogP contribution is -2.37. The first kappa shape index (κ1) is 14.3. The van der Waals surface area contributed by atoms with E-state index >= 15 is 0 Å². The smallest absolute Gasteiger partial charge is 0.329 e. The zero-order chi connectivity index (χ0) is 14.9. The van der Waals surface area contributed by atoms with E-state index in [1.807, 2.05) is 0 Å². The van der Waals surface area contributed by atoms with E-state index in [0.717, 1.165) is 0 Å². The minimum absolute atomic E-state index is 0.178. The number of nitrogens with one attached hydrogen (secondary N) is 2. The van der Waals surface area contributed by atoms with Gasteiger partial charge in [0.15, 0.2) is 0 Å². The van der Waals surface area contributed by atoms with Crippen LogP contribution >= 0.6 is 0 Å². The monoisotopic (exact) mass is 283 g/mol. The summed E-state index contributed by atoms with van der Waals surface area (Å²) < 4.78 is 0. The Bertz CT molecular complexity index is 628. The fraction of sp³-hybridized carbons (Fsp3) is 0.0714. The van der Waals surface area contributed by atoms with Crippen molar-refractivity contribution in [2.75, 3.05) is 0 Å². The number of aromatic nitrogens is 2. The molecule has 0 spiro atoms. The number of pyridine rings is 2. The van der Waals surface area contributed by atoms with Crippen molar-refractivity contribution in [1.82, 2.24) is 20.7 Å². The van der Waals surface area contributed by atoms with Gasteiger partial charge in [0.05, 0.1) is 24.1 Å². The van der Waals surface area contributed by atoms with Crippen LogP contribution in [0.1, 0.15) is 11.4 Å². The number of amides is 2. The van der Waals surface area contributed by atoms with Gasteiger partial charge in [-0.15, -0.1) is 0 Å². The van der Waals surface area contributed by atoms with Gasteiger partial charge >= 0.3 is 11.8 Å². The van der Waals surface area contributed by atoms with Gasteiger partial charge in [0.25, 0.3) is 0 Å². The van der Waals surface area contributed by atoms with Crippen LogP contribution < -0.4 is 10.7 Å². The van der Waals surface area contributed by atoms with Crippen LogP contribution in [0.25, 0.3) is 0 Å². The summed E-state index contributed by atoms with van der Waals surface area (Å²) in [5.74, 6) is -1.63. The highest BCUT2D eigenvalue weighted by molar-refractivity contribution is 6.35. The highest BCUT2D eigenvalue weighted by Crippen LogP contribution is 1.91. The molecule has 0 saturated heterocycles. The Morgan fingerprint density at radius 3 is 2.48 bits per heavy atom. The third kappa shape index (κ3) is 4.83. The fourth-order valence-corrected chi connectivity index (χ4v) is 1.41. The van der Waals surface area contributed by atoms with Crippen LogP contribution in [0.2, 0.25) is 0 Å². The van der Waals surface area contributed by atoms with E-state index in [4.69, 9.17) is 0 Å². The molecule has 0 unspecified atom stereocenters. The lowest BCUT2D eigenvalue weighted by Gasteiger charge is -2.02. The summed E-state index contributed by atoms with van der Waals surface area (Å²) in [7, 11) is 0. The second-order valence-corrected chi connectivity index (χ2v) is 3.96. The van der Waals surface area contributed by atoms with Crippen LogP contribution in [0, 0.1) is 0 Å². The second kappa shape index (κ2) is 7.49. The third-order valence-electron chi connectivity index (χ3n) is 2.41. The predicted octanol–water partition coefficient (Wildman–Crippen LogP) is 0.243. The first-order valence-electron chi connectivity index (χ1n) is 6.18.